The van der Waals surface area contributed by atoms with E-state index in [4.69, 9.17) is 14.7 Å². The van der Waals surface area contributed by atoms with Crippen LogP contribution in [0.4, 0.5) is 0 Å². The summed E-state index contributed by atoms with van der Waals surface area (Å²) in [5.74, 6) is 3.44. The largest absolute Gasteiger partial charge is 0.381 e. The maximum absolute atomic E-state index is 11.3. The highest BCUT2D eigenvalue weighted by Crippen LogP contribution is 2.44. The fraction of sp³-hybridized carbons (Fsp3) is 0.950. The quantitative estimate of drug-likeness (QED) is 0.276. The summed E-state index contributed by atoms with van der Waals surface area (Å²) in [5, 5.41) is 9.69. The van der Waals surface area contributed by atoms with Gasteiger partial charge in [-0.3, -0.25) is 10.0 Å². The van der Waals surface area contributed by atoms with Crippen LogP contribution >= 0.6 is 11.8 Å². The second-order valence-electron chi connectivity index (χ2n) is 7.70. The maximum Gasteiger partial charge on any atom is 0.245 e. The summed E-state index contributed by atoms with van der Waals surface area (Å²) in [6.07, 6.45) is 10.6. The molecule has 0 spiro atoms. The third-order valence-electron chi connectivity index (χ3n) is 5.64. The molecular formula is C20H37NO4S. The second-order valence-corrected chi connectivity index (χ2v) is 8.85. The Morgan fingerprint density at radius 1 is 1.15 bits per heavy atom. The van der Waals surface area contributed by atoms with Crippen LogP contribution in [0.1, 0.15) is 64.7 Å². The lowest BCUT2D eigenvalue weighted by molar-refractivity contribution is -0.159. The Labute approximate surface area is 163 Å². The van der Waals surface area contributed by atoms with E-state index in [9.17, 15) is 4.79 Å². The molecule has 5 nitrogen and oxygen atoms in total. The fourth-order valence-electron chi connectivity index (χ4n) is 4.04. The molecule has 2 aliphatic rings. The summed E-state index contributed by atoms with van der Waals surface area (Å²) in [6, 6.07) is 0. The molecule has 0 aromatic rings. The van der Waals surface area contributed by atoms with Crippen molar-refractivity contribution in [2.75, 3.05) is 31.8 Å². The first kappa shape index (κ1) is 22.0. The lowest BCUT2D eigenvalue weighted by atomic mass is 9.81. The van der Waals surface area contributed by atoms with Gasteiger partial charge in [0, 0.05) is 31.9 Å². The molecule has 0 aromatic heterocycles. The molecule has 2 heterocycles. The van der Waals surface area contributed by atoms with Crippen LogP contribution < -0.4 is 0 Å². The third-order valence-corrected chi connectivity index (χ3v) is 6.84. The molecular weight excluding hydrogens is 350 g/mol. The smallest absolute Gasteiger partial charge is 0.245 e. The minimum atomic E-state index is -0.234. The Morgan fingerprint density at radius 3 is 2.65 bits per heavy atom. The lowest BCUT2D eigenvalue weighted by Gasteiger charge is -2.27. The van der Waals surface area contributed by atoms with Gasteiger partial charge in [-0.2, -0.15) is 11.8 Å². The molecule has 6 heteroatoms. The first-order valence-corrected chi connectivity index (χ1v) is 11.5. The van der Waals surface area contributed by atoms with Crippen LogP contribution in [0.15, 0.2) is 0 Å². The van der Waals surface area contributed by atoms with Gasteiger partial charge in [-0.15, -0.1) is 0 Å². The van der Waals surface area contributed by atoms with Crippen LogP contribution in [0.5, 0.6) is 0 Å². The van der Waals surface area contributed by atoms with E-state index < -0.39 is 0 Å². The number of hydrogen-bond acceptors (Lipinski definition) is 5. The van der Waals surface area contributed by atoms with Gasteiger partial charge in [0.05, 0.1) is 18.8 Å². The van der Waals surface area contributed by atoms with Crippen molar-refractivity contribution in [2.24, 2.45) is 11.8 Å². The van der Waals surface area contributed by atoms with E-state index >= 15 is 0 Å². The van der Waals surface area contributed by atoms with Crippen LogP contribution in [-0.4, -0.2) is 60.2 Å². The van der Waals surface area contributed by atoms with Crippen molar-refractivity contribution in [3.8, 4) is 0 Å². The van der Waals surface area contributed by atoms with Gasteiger partial charge in [0.15, 0.2) is 0 Å². The fourth-order valence-corrected chi connectivity index (χ4v) is 5.35. The normalized spacial score (nSPS) is 27.2. The van der Waals surface area contributed by atoms with Gasteiger partial charge >= 0.3 is 0 Å². The van der Waals surface area contributed by atoms with Crippen molar-refractivity contribution in [3.05, 3.63) is 0 Å². The summed E-state index contributed by atoms with van der Waals surface area (Å²) in [4.78, 5) is 11.3. The Kier molecular flexibility index (Phi) is 10.3. The Balaban J connectivity index is 1.58. The average Bonchev–Trinajstić information content (AvgIpc) is 3.22. The number of thioether (sulfide) groups is 1. The van der Waals surface area contributed by atoms with Crippen molar-refractivity contribution in [2.45, 2.75) is 76.9 Å². The number of ether oxygens (including phenoxy) is 2. The van der Waals surface area contributed by atoms with Gasteiger partial charge in [0.1, 0.15) is 0 Å². The van der Waals surface area contributed by atoms with Gasteiger partial charge in [-0.05, 0) is 43.6 Å². The van der Waals surface area contributed by atoms with Crippen molar-refractivity contribution in [1.29, 1.82) is 0 Å². The molecule has 2 bridgehead atoms. The molecule has 2 aliphatic heterocycles. The van der Waals surface area contributed by atoms with E-state index in [2.05, 4.69) is 18.7 Å². The lowest BCUT2D eigenvalue weighted by Crippen LogP contribution is -2.32. The topological polar surface area (TPSA) is 59.0 Å². The number of nitrogens with zero attached hydrogens (tertiary/aromatic N) is 1. The zero-order valence-corrected chi connectivity index (χ0v) is 17.3. The second kappa shape index (κ2) is 12.2. The van der Waals surface area contributed by atoms with Crippen molar-refractivity contribution < 1.29 is 19.5 Å². The third kappa shape index (κ3) is 7.02. The summed E-state index contributed by atoms with van der Waals surface area (Å²) in [6.45, 7) is 3.73. The van der Waals surface area contributed by atoms with Crippen LogP contribution in [0.2, 0.25) is 0 Å². The number of amides is 1. The first-order chi connectivity index (χ1) is 12.6. The SMILES string of the molecule is CCCCCCSC[C@H]1[C@@H](COCCCCC(=O)N(C)O)[C@H]2CC[C@@H]1O2. The van der Waals surface area contributed by atoms with Crippen LogP contribution in [-0.2, 0) is 14.3 Å². The molecule has 2 fully saturated rings. The number of unbranched alkanes of at least 4 members (excludes halogenated alkanes) is 4. The van der Waals surface area contributed by atoms with Crippen LogP contribution in [0, 0.1) is 11.8 Å². The number of carbonyl (C=O) groups excluding carboxylic acids is 1. The van der Waals surface area contributed by atoms with Crippen molar-refractivity contribution in [1.82, 2.24) is 5.06 Å². The molecule has 26 heavy (non-hydrogen) atoms. The zero-order chi connectivity index (χ0) is 18.8. The van der Waals surface area contributed by atoms with Gasteiger partial charge in [-0.1, -0.05) is 26.2 Å². The predicted octanol–water partition coefficient (Wildman–Crippen LogP) is 4.13. The van der Waals surface area contributed by atoms with Crippen molar-refractivity contribution >= 4 is 17.7 Å². The number of hydroxylamine groups is 2. The standard InChI is InChI=1S/C20H37NO4S/c1-3-4-5-8-13-26-15-17-16(18-10-11-19(17)25-18)14-24-12-7-6-9-20(22)21(2)23/h16-19,23H,3-15H2,1-2H3/t16-,17+,18-,19+/m1/s1. The number of fused-ring (bicyclic) bond motifs is 2. The maximum atomic E-state index is 11.3. The van der Waals surface area contributed by atoms with E-state index in [0.29, 0.717) is 42.1 Å². The molecule has 4 atom stereocenters. The molecule has 0 unspecified atom stereocenters. The monoisotopic (exact) mass is 387 g/mol. The zero-order valence-electron chi connectivity index (χ0n) is 16.5. The Morgan fingerprint density at radius 2 is 1.92 bits per heavy atom. The van der Waals surface area contributed by atoms with E-state index in [1.54, 1.807) is 0 Å². The molecule has 0 saturated carbocycles. The van der Waals surface area contributed by atoms with Crippen LogP contribution in [0.3, 0.4) is 0 Å². The molecule has 2 rings (SSSR count). The van der Waals surface area contributed by atoms with Crippen LogP contribution in [0.25, 0.3) is 0 Å². The summed E-state index contributed by atoms with van der Waals surface area (Å²) < 4.78 is 12.1. The molecule has 0 radical (unpaired) electrons. The van der Waals surface area contributed by atoms with E-state index in [1.165, 1.54) is 57.1 Å². The molecule has 2 saturated heterocycles. The first-order valence-electron chi connectivity index (χ1n) is 10.4. The van der Waals surface area contributed by atoms with E-state index in [0.717, 1.165) is 19.4 Å². The van der Waals surface area contributed by atoms with Gasteiger partial charge in [0.2, 0.25) is 5.91 Å². The predicted molar refractivity (Wildman–Crippen MR) is 106 cm³/mol. The van der Waals surface area contributed by atoms with Gasteiger partial charge < -0.3 is 9.47 Å². The van der Waals surface area contributed by atoms with Gasteiger partial charge in [-0.25, -0.2) is 5.06 Å². The highest BCUT2D eigenvalue weighted by Gasteiger charge is 2.48. The minimum Gasteiger partial charge on any atom is -0.381 e. The van der Waals surface area contributed by atoms with Gasteiger partial charge in [0.25, 0.3) is 0 Å². The summed E-state index contributed by atoms with van der Waals surface area (Å²) in [7, 11) is 1.37. The average molecular weight is 388 g/mol. The highest BCUT2D eigenvalue weighted by molar-refractivity contribution is 7.99. The molecule has 1 amide bonds. The minimum absolute atomic E-state index is 0.234. The number of rotatable bonds is 14. The summed E-state index contributed by atoms with van der Waals surface area (Å²) >= 11 is 2.10. The summed E-state index contributed by atoms with van der Waals surface area (Å²) in [5.41, 5.74) is 0. The molecule has 152 valence electrons. The van der Waals surface area contributed by atoms with Crippen molar-refractivity contribution in [3.63, 3.8) is 0 Å². The number of hydrogen-bond donors (Lipinski definition) is 1. The Bertz CT molecular complexity index is 407. The molecule has 0 aliphatic carbocycles. The molecule has 0 aromatic carbocycles. The van der Waals surface area contributed by atoms with E-state index in [-0.39, 0.29) is 5.91 Å². The Hall–Kier alpha value is -0.300. The number of carbonyl (C=O) groups is 1. The molecule has 1 N–H and O–H groups in total. The van der Waals surface area contributed by atoms with E-state index in [1.807, 2.05) is 0 Å². The highest BCUT2D eigenvalue weighted by atomic mass is 32.2.